The summed E-state index contributed by atoms with van der Waals surface area (Å²) < 4.78 is 22.6. The number of rotatable bonds is 54. The van der Waals surface area contributed by atoms with Gasteiger partial charge >= 0.3 is 11.9 Å². The zero-order valence-corrected chi connectivity index (χ0v) is 51.3. The second-order valence-electron chi connectivity index (χ2n) is 20.9. The van der Waals surface area contributed by atoms with Crippen LogP contribution in [-0.4, -0.2) is 82.3 Å². The fourth-order valence-electron chi connectivity index (χ4n) is 7.47. The number of allylic oxidation sites excluding steroid dienone is 30. The van der Waals surface area contributed by atoms with Crippen molar-refractivity contribution in [2.75, 3.05) is 47.5 Å². The van der Waals surface area contributed by atoms with Gasteiger partial charge in [-0.1, -0.05) is 228 Å². The summed E-state index contributed by atoms with van der Waals surface area (Å²) in [5.41, 5.74) is 0. The molecule has 9 nitrogen and oxygen atoms in total. The van der Waals surface area contributed by atoms with Crippen LogP contribution < -0.4 is 5.11 Å². The molecule has 0 heterocycles. The lowest BCUT2D eigenvalue weighted by Crippen LogP contribution is -2.44. The number of hydrogen-bond donors (Lipinski definition) is 0. The summed E-state index contributed by atoms with van der Waals surface area (Å²) in [4.78, 5) is 37.3. The topological polar surface area (TPSA) is 111 Å². The van der Waals surface area contributed by atoms with Crippen LogP contribution in [0, 0.1) is 0 Å². The maximum absolute atomic E-state index is 12.9. The lowest BCUT2D eigenvalue weighted by Gasteiger charge is -2.26. The van der Waals surface area contributed by atoms with E-state index >= 15 is 0 Å². The van der Waals surface area contributed by atoms with Gasteiger partial charge in [-0.05, 0) is 135 Å². The zero-order valence-electron chi connectivity index (χ0n) is 51.3. The number of carbonyl (C=O) groups excluding carboxylic acids is 3. The standard InChI is InChI=1S/C72H111NO8/c1-6-8-10-12-14-16-18-20-22-24-26-27-28-29-30-31-32-33-34-35-36-37-38-39-40-41-42-43-45-47-49-51-53-55-57-59-61-63-70(75)81-68(67-80-72(71(76)77)78-65-64-73(3,4)5)66-79-69(74)62-60-58-56-54-52-50-48-46-44-25-23-21-19-17-15-13-11-9-7-2/h8-11,14-17,20-23,26-27,29-30,32-33,35-36,38-39,41-42,44-47,51,53,68,72H,6-7,12-13,18-19,24-25,28,31,34,37,40,43,48-50,52,54-67H2,1-5H3/b10-8-,11-9-,16-14-,17-15-,22-20-,23-21-,27-26-,30-29-,33-32-,36-35-,39-38-,42-41-,46-44-,47-45-,53-51-. The first-order valence-electron chi connectivity index (χ1n) is 30.9. The van der Waals surface area contributed by atoms with E-state index in [9.17, 15) is 19.5 Å². The highest BCUT2D eigenvalue weighted by Crippen LogP contribution is 2.12. The average molecular weight is 1120 g/mol. The molecule has 0 radical (unpaired) electrons. The zero-order chi connectivity index (χ0) is 59.1. The van der Waals surface area contributed by atoms with E-state index in [1.165, 1.54) is 0 Å². The molecular formula is C72H111NO8. The van der Waals surface area contributed by atoms with Gasteiger partial charge < -0.3 is 33.3 Å². The molecule has 452 valence electrons. The van der Waals surface area contributed by atoms with Gasteiger partial charge in [-0.25, -0.2) is 0 Å². The molecule has 0 aliphatic carbocycles. The third-order valence-electron chi connectivity index (χ3n) is 12.1. The molecule has 0 bridgehead atoms. The van der Waals surface area contributed by atoms with E-state index in [0.29, 0.717) is 23.9 Å². The van der Waals surface area contributed by atoms with Gasteiger partial charge in [-0.3, -0.25) is 9.59 Å². The number of quaternary nitrogens is 1. The van der Waals surface area contributed by atoms with Gasteiger partial charge in [0.1, 0.15) is 13.2 Å². The number of ether oxygens (including phenoxy) is 4. The molecule has 0 aromatic carbocycles. The van der Waals surface area contributed by atoms with E-state index in [1.54, 1.807) is 0 Å². The molecule has 2 atom stereocenters. The number of carbonyl (C=O) groups is 3. The van der Waals surface area contributed by atoms with E-state index < -0.39 is 30.3 Å². The SMILES string of the molecule is CC/C=C\C/C=C\C/C=C\C/C=C\C/C=C\C/C=C\C/C=C\C/C=C\C/C=C\C/C=C\C/C=C\CCCCCC(=O)OC(COC(=O)CCCCCCCC/C=C\C/C=C\C/C=C\C/C=C\CC)COC(OCC[N+](C)(C)C)C(=O)[O-]. The fraction of sp³-hybridized carbons (Fsp3) is 0.542. The second-order valence-corrected chi connectivity index (χ2v) is 20.9. The minimum atomic E-state index is -1.65. The number of hydrogen-bond acceptors (Lipinski definition) is 8. The molecule has 0 saturated heterocycles. The smallest absolute Gasteiger partial charge is 0.306 e. The quantitative estimate of drug-likeness (QED) is 0.0195. The summed E-state index contributed by atoms with van der Waals surface area (Å²) >= 11 is 0. The Bertz CT molecular complexity index is 1980. The molecule has 9 heteroatoms. The van der Waals surface area contributed by atoms with Crippen molar-refractivity contribution in [3.05, 3.63) is 182 Å². The summed E-state index contributed by atoms with van der Waals surface area (Å²) in [6, 6.07) is 0. The Hall–Kier alpha value is -5.61. The van der Waals surface area contributed by atoms with Gasteiger partial charge in [0.15, 0.2) is 12.4 Å². The Kier molecular flexibility index (Phi) is 56.3. The first-order valence-corrected chi connectivity index (χ1v) is 30.9. The maximum Gasteiger partial charge on any atom is 0.306 e. The largest absolute Gasteiger partial charge is 0.545 e. The molecule has 0 amide bonds. The number of carboxylic acid groups (broad SMARTS) is 1. The highest BCUT2D eigenvalue weighted by molar-refractivity contribution is 5.70. The van der Waals surface area contributed by atoms with Gasteiger partial charge in [0.25, 0.3) is 0 Å². The first kappa shape index (κ1) is 75.4. The Morgan fingerprint density at radius 2 is 0.667 bits per heavy atom. The molecule has 2 unspecified atom stereocenters. The number of esters is 2. The van der Waals surface area contributed by atoms with Crippen molar-refractivity contribution in [2.45, 2.75) is 206 Å². The van der Waals surface area contributed by atoms with Crippen molar-refractivity contribution in [2.24, 2.45) is 0 Å². The first-order chi connectivity index (χ1) is 39.6. The van der Waals surface area contributed by atoms with Crippen molar-refractivity contribution in [3.8, 4) is 0 Å². The average Bonchev–Trinajstić information content (AvgIpc) is 3.44. The van der Waals surface area contributed by atoms with Gasteiger partial charge in [-0.15, -0.1) is 0 Å². The highest BCUT2D eigenvalue weighted by Gasteiger charge is 2.22. The van der Waals surface area contributed by atoms with Crippen LogP contribution >= 0.6 is 0 Å². The van der Waals surface area contributed by atoms with E-state index in [-0.39, 0.29) is 32.7 Å². The van der Waals surface area contributed by atoms with E-state index in [4.69, 9.17) is 18.9 Å². The summed E-state index contributed by atoms with van der Waals surface area (Å²) in [7, 11) is 5.89. The number of unbranched alkanes of at least 4 members (excludes halogenated alkanes) is 9. The minimum Gasteiger partial charge on any atom is -0.545 e. The molecule has 0 rings (SSSR count). The van der Waals surface area contributed by atoms with Crippen molar-refractivity contribution in [1.29, 1.82) is 0 Å². The molecule has 0 saturated carbocycles. The van der Waals surface area contributed by atoms with Gasteiger partial charge in [-0.2, -0.15) is 0 Å². The van der Waals surface area contributed by atoms with Gasteiger partial charge in [0, 0.05) is 12.8 Å². The molecule has 0 aromatic heterocycles. The number of likely N-dealkylation sites (N-methyl/N-ethyl adjacent to an activating group) is 1. The Labute approximate surface area is 494 Å². The van der Waals surface area contributed by atoms with Gasteiger partial charge in [0.05, 0.1) is 40.3 Å². The highest BCUT2D eigenvalue weighted by atomic mass is 16.7. The Morgan fingerprint density at radius 1 is 0.370 bits per heavy atom. The van der Waals surface area contributed by atoms with Crippen LogP contribution in [0.5, 0.6) is 0 Å². The van der Waals surface area contributed by atoms with Crippen molar-refractivity contribution < 1.29 is 42.9 Å². The molecule has 0 spiro atoms. The Morgan fingerprint density at radius 3 is 1.00 bits per heavy atom. The third kappa shape index (κ3) is 61.9. The molecule has 0 fully saturated rings. The molecule has 0 aromatic rings. The fourth-order valence-corrected chi connectivity index (χ4v) is 7.47. The van der Waals surface area contributed by atoms with Crippen LogP contribution in [0.25, 0.3) is 0 Å². The van der Waals surface area contributed by atoms with E-state index in [1.807, 2.05) is 21.1 Å². The maximum atomic E-state index is 12.9. The van der Waals surface area contributed by atoms with Crippen LogP contribution in [-0.2, 0) is 33.3 Å². The van der Waals surface area contributed by atoms with Crippen LogP contribution in [0.2, 0.25) is 0 Å². The molecule has 0 aliphatic rings. The van der Waals surface area contributed by atoms with E-state index in [2.05, 4.69) is 196 Å². The summed E-state index contributed by atoms with van der Waals surface area (Å²) in [6.07, 6.45) is 89.5. The van der Waals surface area contributed by atoms with Crippen LogP contribution in [0.3, 0.4) is 0 Å². The minimum absolute atomic E-state index is 0.127. The predicted molar refractivity (Wildman–Crippen MR) is 342 cm³/mol. The third-order valence-corrected chi connectivity index (χ3v) is 12.1. The van der Waals surface area contributed by atoms with Crippen molar-refractivity contribution in [3.63, 3.8) is 0 Å². The number of aliphatic carboxylic acids is 1. The van der Waals surface area contributed by atoms with Crippen LogP contribution in [0.15, 0.2) is 182 Å². The summed E-state index contributed by atoms with van der Waals surface area (Å²) in [5, 5.41) is 11.8. The molecule has 0 N–H and O–H groups in total. The van der Waals surface area contributed by atoms with Crippen LogP contribution in [0.1, 0.15) is 194 Å². The summed E-state index contributed by atoms with van der Waals surface area (Å²) in [5.74, 6) is -2.37. The molecular weight excluding hydrogens is 1010 g/mol. The van der Waals surface area contributed by atoms with Crippen molar-refractivity contribution >= 4 is 17.9 Å². The number of carboxylic acids is 1. The molecule has 0 aliphatic heterocycles. The lowest BCUT2D eigenvalue weighted by molar-refractivity contribution is -0.870. The normalized spacial score (nSPS) is 14.0. The monoisotopic (exact) mass is 1120 g/mol. The lowest BCUT2D eigenvalue weighted by atomic mass is 10.1. The molecule has 81 heavy (non-hydrogen) atoms. The second kappa shape index (κ2) is 60.5. The van der Waals surface area contributed by atoms with Gasteiger partial charge in [0.2, 0.25) is 0 Å². The number of nitrogens with zero attached hydrogens (tertiary/aromatic N) is 1. The van der Waals surface area contributed by atoms with Crippen LogP contribution in [0.4, 0.5) is 0 Å². The predicted octanol–water partition coefficient (Wildman–Crippen LogP) is 17.6. The van der Waals surface area contributed by atoms with Crippen molar-refractivity contribution in [1.82, 2.24) is 0 Å². The summed E-state index contributed by atoms with van der Waals surface area (Å²) in [6.45, 7) is 4.43. The Balaban J connectivity index is 4.34. The van der Waals surface area contributed by atoms with E-state index in [0.717, 1.165) is 154 Å².